The van der Waals surface area contributed by atoms with Crippen LogP contribution < -0.4 is 0 Å². The van der Waals surface area contributed by atoms with Gasteiger partial charge in [-0.25, -0.2) is 9.48 Å². The number of rotatable bonds is 4. The zero-order valence-corrected chi connectivity index (χ0v) is 11.6. The van der Waals surface area contributed by atoms with Crippen molar-refractivity contribution in [1.82, 2.24) is 19.9 Å². The number of piperidine rings is 1. The maximum Gasteiger partial charge on any atom is 0.435 e. The van der Waals surface area contributed by atoms with Crippen LogP contribution in [-0.4, -0.2) is 50.6 Å². The molecule has 1 aliphatic rings. The number of alkyl halides is 3. The summed E-state index contributed by atoms with van der Waals surface area (Å²) in [5.74, 6) is -1.72. The van der Waals surface area contributed by atoms with Gasteiger partial charge in [0.25, 0.3) is 0 Å². The lowest BCUT2D eigenvalue weighted by atomic mass is 10.0. The first kappa shape index (κ1) is 15.7. The zero-order chi connectivity index (χ0) is 15.6. The molecule has 1 atom stereocenters. The largest absolute Gasteiger partial charge is 0.476 e. The Morgan fingerprint density at radius 2 is 2.14 bits per heavy atom. The topological polar surface area (TPSA) is 71.2 Å². The van der Waals surface area contributed by atoms with Gasteiger partial charge in [0, 0.05) is 12.6 Å². The summed E-state index contributed by atoms with van der Waals surface area (Å²) in [6.45, 7) is 0.929. The monoisotopic (exact) mass is 306 g/mol. The van der Waals surface area contributed by atoms with Crippen molar-refractivity contribution in [2.75, 3.05) is 13.6 Å². The fourth-order valence-corrected chi connectivity index (χ4v) is 2.67. The first-order valence-corrected chi connectivity index (χ1v) is 6.75. The fraction of sp³-hybridized carbons (Fsp3) is 0.750. The molecule has 0 radical (unpaired) electrons. The molecule has 0 aromatic carbocycles. The second kappa shape index (κ2) is 6.00. The Hall–Kier alpha value is -1.64. The lowest BCUT2D eigenvalue weighted by Gasteiger charge is -2.32. The van der Waals surface area contributed by atoms with E-state index in [1.807, 2.05) is 7.05 Å². The second-order valence-corrected chi connectivity index (χ2v) is 5.23. The highest BCUT2D eigenvalue weighted by atomic mass is 19.4. The van der Waals surface area contributed by atoms with Crippen LogP contribution in [0, 0.1) is 0 Å². The number of carboxylic acids is 1. The number of halogens is 3. The summed E-state index contributed by atoms with van der Waals surface area (Å²) >= 11 is 0. The van der Waals surface area contributed by atoms with E-state index in [2.05, 4.69) is 15.2 Å². The van der Waals surface area contributed by atoms with Crippen molar-refractivity contribution in [3.8, 4) is 0 Å². The molecule has 118 valence electrons. The summed E-state index contributed by atoms with van der Waals surface area (Å²) in [5.41, 5.74) is -2.33. The highest BCUT2D eigenvalue weighted by Gasteiger charge is 2.41. The van der Waals surface area contributed by atoms with E-state index in [-0.39, 0.29) is 12.6 Å². The maximum atomic E-state index is 13.0. The van der Waals surface area contributed by atoms with E-state index in [0.717, 1.165) is 25.8 Å². The third-order valence-corrected chi connectivity index (χ3v) is 3.80. The van der Waals surface area contributed by atoms with Gasteiger partial charge >= 0.3 is 12.1 Å². The number of likely N-dealkylation sites (tertiary alicyclic amines) is 1. The lowest BCUT2D eigenvalue weighted by Crippen LogP contribution is -2.37. The van der Waals surface area contributed by atoms with Gasteiger partial charge in [-0.05, 0) is 32.9 Å². The summed E-state index contributed by atoms with van der Waals surface area (Å²) in [6.07, 6.45) is -1.22. The molecule has 9 heteroatoms. The molecule has 21 heavy (non-hydrogen) atoms. The van der Waals surface area contributed by atoms with Crippen molar-refractivity contribution in [3.63, 3.8) is 0 Å². The Labute approximate surface area is 119 Å². The molecule has 1 aliphatic heterocycles. The van der Waals surface area contributed by atoms with Gasteiger partial charge in [-0.15, -0.1) is 5.10 Å². The average molecular weight is 306 g/mol. The molecule has 0 spiro atoms. The van der Waals surface area contributed by atoms with Gasteiger partial charge in [0.05, 0.1) is 0 Å². The van der Waals surface area contributed by atoms with Gasteiger partial charge in [0.2, 0.25) is 5.69 Å². The molecule has 0 saturated carbocycles. The van der Waals surface area contributed by atoms with Gasteiger partial charge in [0.15, 0.2) is 5.69 Å². The van der Waals surface area contributed by atoms with Crippen molar-refractivity contribution in [1.29, 1.82) is 0 Å². The van der Waals surface area contributed by atoms with Gasteiger partial charge in [-0.1, -0.05) is 11.6 Å². The van der Waals surface area contributed by atoms with E-state index in [4.69, 9.17) is 5.11 Å². The van der Waals surface area contributed by atoms with Crippen LogP contribution in [0.1, 0.15) is 41.9 Å². The number of aromatic carboxylic acids is 1. The van der Waals surface area contributed by atoms with E-state index in [0.29, 0.717) is 11.1 Å². The highest BCUT2D eigenvalue weighted by Crippen LogP contribution is 2.31. The van der Waals surface area contributed by atoms with Gasteiger partial charge < -0.3 is 10.0 Å². The molecule has 1 fully saturated rings. The molecular weight excluding hydrogens is 289 g/mol. The molecule has 2 heterocycles. The van der Waals surface area contributed by atoms with Crippen LogP contribution in [0.5, 0.6) is 0 Å². The van der Waals surface area contributed by atoms with E-state index >= 15 is 0 Å². The molecule has 0 aliphatic carbocycles. The number of nitrogens with zero attached hydrogens (tertiary/aromatic N) is 4. The van der Waals surface area contributed by atoms with Crippen LogP contribution in [0.4, 0.5) is 13.2 Å². The number of carbonyl (C=O) groups is 1. The number of hydrogen-bond acceptors (Lipinski definition) is 4. The van der Waals surface area contributed by atoms with Gasteiger partial charge in [-0.2, -0.15) is 13.2 Å². The molecule has 1 saturated heterocycles. The van der Waals surface area contributed by atoms with E-state index in [1.54, 1.807) is 0 Å². The molecular formula is C12H17F3N4O2. The Morgan fingerprint density at radius 3 is 2.71 bits per heavy atom. The Bertz CT molecular complexity index is 515. The lowest BCUT2D eigenvalue weighted by molar-refractivity contribution is -0.144. The smallest absolute Gasteiger partial charge is 0.435 e. The number of carboxylic acid groups (broad SMARTS) is 1. The summed E-state index contributed by atoms with van der Waals surface area (Å²) in [6, 6.07) is 0.192. The summed E-state index contributed by atoms with van der Waals surface area (Å²) in [7, 11) is 1.94. The molecule has 1 aromatic rings. The third kappa shape index (κ3) is 3.52. The average Bonchev–Trinajstić information content (AvgIpc) is 2.82. The van der Waals surface area contributed by atoms with Crippen molar-refractivity contribution in [3.05, 3.63) is 11.4 Å². The van der Waals surface area contributed by atoms with E-state index in [1.165, 1.54) is 0 Å². The fourth-order valence-electron chi connectivity index (χ4n) is 2.67. The van der Waals surface area contributed by atoms with Crippen molar-refractivity contribution in [2.45, 2.75) is 44.4 Å². The van der Waals surface area contributed by atoms with E-state index < -0.39 is 23.5 Å². The van der Waals surface area contributed by atoms with Gasteiger partial charge in [0.1, 0.15) is 0 Å². The first-order valence-electron chi connectivity index (χ1n) is 6.75. The minimum absolute atomic E-state index is 0.00410. The SMILES string of the molecule is CN1CCCCC1CCn1nnc(C(=O)O)c1C(F)(F)F. The van der Waals surface area contributed by atoms with Gasteiger partial charge in [-0.3, -0.25) is 0 Å². The van der Waals surface area contributed by atoms with Crippen LogP contribution in [0.2, 0.25) is 0 Å². The number of aryl methyl sites for hydroxylation is 1. The van der Waals surface area contributed by atoms with Crippen LogP contribution >= 0.6 is 0 Å². The summed E-state index contributed by atoms with van der Waals surface area (Å²) in [4.78, 5) is 12.9. The van der Waals surface area contributed by atoms with Crippen molar-refractivity contribution >= 4 is 5.97 Å². The standard InChI is InChI=1S/C12H17F3N4O2/c1-18-6-3-2-4-8(18)5-7-19-10(12(13,14)15)9(11(20)21)16-17-19/h8H,2-7H2,1H3,(H,20,21). The highest BCUT2D eigenvalue weighted by molar-refractivity contribution is 5.86. The first-order chi connectivity index (χ1) is 9.80. The third-order valence-electron chi connectivity index (χ3n) is 3.80. The molecule has 6 nitrogen and oxygen atoms in total. The molecule has 0 amide bonds. The predicted octanol–water partition coefficient (Wildman–Crippen LogP) is 1.87. The quantitative estimate of drug-likeness (QED) is 0.919. The Kier molecular flexibility index (Phi) is 4.50. The van der Waals surface area contributed by atoms with Crippen LogP contribution in [-0.2, 0) is 12.7 Å². The normalized spacial score (nSPS) is 20.7. The van der Waals surface area contributed by atoms with Crippen molar-refractivity contribution in [2.24, 2.45) is 0 Å². The minimum atomic E-state index is -4.78. The predicted molar refractivity (Wildman–Crippen MR) is 66.9 cm³/mol. The minimum Gasteiger partial charge on any atom is -0.476 e. The second-order valence-electron chi connectivity index (χ2n) is 5.23. The number of aromatic nitrogens is 3. The molecule has 1 N–H and O–H groups in total. The summed E-state index contributed by atoms with van der Waals surface area (Å²) < 4.78 is 39.6. The molecule has 1 aromatic heterocycles. The van der Waals surface area contributed by atoms with Crippen LogP contribution in [0.25, 0.3) is 0 Å². The molecule has 0 bridgehead atoms. The molecule has 2 rings (SSSR count). The zero-order valence-electron chi connectivity index (χ0n) is 11.6. The van der Waals surface area contributed by atoms with Crippen LogP contribution in [0.15, 0.2) is 0 Å². The van der Waals surface area contributed by atoms with Crippen LogP contribution in [0.3, 0.4) is 0 Å². The van der Waals surface area contributed by atoms with Crippen molar-refractivity contribution < 1.29 is 23.1 Å². The maximum absolute atomic E-state index is 13.0. The number of hydrogen-bond donors (Lipinski definition) is 1. The summed E-state index contributed by atoms with van der Waals surface area (Å²) in [5, 5.41) is 15.3. The Balaban J connectivity index is 2.15. The van der Waals surface area contributed by atoms with E-state index in [9.17, 15) is 18.0 Å². The Morgan fingerprint density at radius 1 is 1.43 bits per heavy atom. The molecule has 1 unspecified atom stereocenters.